The maximum atomic E-state index is 4.65. The molecule has 0 unspecified atom stereocenters. The predicted molar refractivity (Wildman–Crippen MR) is 89.0 cm³/mol. The molecule has 5 rings (SSSR count). The predicted octanol–water partition coefficient (Wildman–Crippen LogP) is 2.58. The smallest absolute Gasteiger partial charge is 0.202 e. The molecule has 0 aliphatic rings. The van der Waals surface area contributed by atoms with Crippen molar-refractivity contribution in [3.05, 3.63) is 55.2 Å². The third-order valence-electron chi connectivity index (χ3n) is 3.83. The van der Waals surface area contributed by atoms with E-state index in [0.717, 1.165) is 21.8 Å². The van der Waals surface area contributed by atoms with Gasteiger partial charge in [-0.05, 0) is 12.1 Å². The van der Waals surface area contributed by atoms with E-state index in [2.05, 4.69) is 35.1 Å². The molecule has 5 aromatic rings. The lowest BCUT2D eigenvalue weighted by Gasteiger charge is -2.07. The van der Waals surface area contributed by atoms with Crippen LogP contribution in [0.3, 0.4) is 0 Å². The number of hydrogen-bond acceptors (Lipinski definition) is 7. The minimum atomic E-state index is 0.415. The highest BCUT2D eigenvalue weighted by molar-refractivity contribution is 6.20. The second-order valence-electron chi connectivity index (χ2n) is 5.22. The molecule has 0 aliphatic carbocycles. The van der Waals surface area contributed by atoms with Crippen molar-refractivity contribution in [1.29, 1.82) is 0 Å². The molecule has 0 aliphatic heterocycles. The Morgan fingerprint density at radius 3 is 2.08 bits per heavy atom. The molecule has 1 aromatic carbocycles. The monoisotopic (exact) mass is 311 g/mol. The van der Waals surface area contributed by atoms with Crippen molar-refractivity contribution in [3.63, 3.8) is 0 Å². The van der Waals surface area contributed by atoms with Gasteiger partial charge in [0.15, 0.2) is 0 Å². The highest BCUT2D eigenvalue weighted by Gasteiger charge is 2.14. The van der Waals surface area contributed by atoms with Crippen LogP contribution < -0.4 is 0 Å². The van der Waals surface area contributed by atoms with Gasteiger partial charge in [-0.15, -0.1) is 10.2 Å². The van der Waals surface area contributed by atoms with Crippen LogP contribution in [0, 0.1) is 0 Å². The second-order valence-corrected chi connectivity index (χ2v) is 5.22. The van der Waals surface area contributed by atoms with Gasteiger partial charge in [0.25, 0.3) is 0 Å². The van der Waals surface area contributed by atoms with E-state index in [1.807, 2.05) is 24.3 Å². The van der Waals surface area contributed by atoms with E-state index >= 15 is 0 Å². The summed E-state index contributed by atoms with van der Waals surface area (Å²) in [4.78, 5) is 21.9. The van der Waals surface area contributed by atoms with Crippen molar-refractivity contribution >= 4 is 32.8 Å². The van der Waals surface area contributed by atoms with Crippen molar-refractivity contribution < 1.29 is 0 Å². The van der Waals surface area contributed by atoms with E-state index in [4.69, 9.17) is 0 Å². The van der Waals surface area contributed by atoms with E-state index in [-0.39, 0.29) is 0 Å². The van der Waals surface area contributed by atoms with E-state index in [1.165, 1.54) is 0 Å². The van der Waals surface area contributed by atoms with Gasteiger partial charge in [0.1, 0.15) is 22.2 Å². The molecule has 0 N–H and O–H groups in total. The van der Waals surface area contributed by atoms with Gasteiger partial charge >= 0.3 is 0 Å². The third-order valence-corrected chi connectivity index (χ3v) is 3.83. The lowest BCUT2D eigenvalue weighted by atomic mass is 10.1. The van der Waals surface area contributed by atoms with Gasteiger partial charge in [0, 0.05) is 35.6 Å². The van der Waals surface area contributed by atoms with Crippen molar-refractivity contribution in [2.75, 3.05) is 0 Å². The van der Waals surface area contributed by atoms with Crippen LogP contribution in [0.1, 0.15) is 0 Å². The van der Waals surface area contributed by atoms with Gasteiger partial charge < -0.3 is 0 Å². The molecule has 0 spiro atoms. The molecule has 0 radical (unpaired) electrons. The first-order chi connectivity index (χ1) is 11.9. The van der Waals surface area contributed by atoms with Gasteiger partial charge in [-0.3, -0.25) is 15.0 Å². The molecule has 7 heteroatoms. The van der Waals surface area contributed by atoms with Crippen LogP contribution in [0.4, 0.5) is 0 Å². The first kappa shape index (κ1) is 12.9. The first-order valence-electron chi connectivity index (χ1n) is 7.34. The quantitative estimate of drug-likeness (QED) is 0.439. The number of aromatic nitrogens is 7. The van der Waals surface area contributed by atoms with E-state index < -0.39 is 0 Å². The van der Waals surface area contributed by atoms with Crippen molar-refractivity contribution in [1.82, 2.24) is 35.1 Å². The van der Waals surface area contributed by atoms with Crippen molar-refractivity contribution in [3.8, 4) is 11.5 Å². The maximum absolute atomic E-state index is 4.65. The normalized spacial score (nSPS) is 11.3. The molecule has 0 saturated carbocycles. The largest absolute Gasteiger partial charge is 0.261 e. The van der Waals surface area contributed by atoms with Gasteiger partial charge in [-0.1, -0.05) is 12.1 Å². The standard InChI is InChI=1S/C17H9N7/c1-3-10-11-4-2-6-21-14(11)16-15(13(10)20-5-1)22-17(24-23-16)12-9-18-7-8-19-12/h1-9H. The van der Waals surface area contributed by atoms with Crippen LogP contribution in [0.2, 0.25) is 0 Å². The number of fused-ring (bicyclic) bond motifs is 6. The minimum Gasteiger partial charge on any atom is -0.261 e. The molecule has 4 aromatic heterocycles. The molecule has 4 heterocycles. The Balaban J connectivity index is 1.96. The van der Waals surface area contributed by atoms with Crippen LogP contribution in [-0.2, 0) is 0 Å². The zero-order valence-electron chi connectivity index (χ0n) is 12.3. The Kier molecular flexibility index (Phi) is 2.66. The zero-order chi connectivity index (χ0) is 15.9. The van der Waals surface area contributed by atoms with Crippen LogP contribution >= 0.6 is 0 Å². The van der Waals surface area contributed by atoms with E-state index in [1.54, 1.807) is 31.0 Å². The van der Waals surface area contributed by atoms with Crippen LogP contribution in [0.5, 0.6) is 0 Å². The lowest BCUT2D eigenvalue weighted by molar-refractivity contribution is 1.02. The molecule has 0 atom stereocenters. The van der Waals surface area contributed by atoms with Crippen molar-refractivity contribution in [2.45, 2.75) is 0 Å². The Morgan fingerprint density at radius 2 is 1.38 bits per heavy atom. The summed E-state index contributed by atoms with van der Waals surface area (Å²) in [5.74, 6) is 0.415. The molecule has 0 bridgehead atoms. The number of pyridine rings is 2. The molecule has 0 saturated heterocycles. The summed E-state index contributed by atoms with van der Waals surface area (Å²) in [6.07, 6.45) is 8.29. The summed E-state index contributed by atoms with van der Waals surface area (Å²) in [6, 6.07) is 7.81. The van der Waals surface area contributed by atoms with Gasteiger partial charge in [-0.2, -0.15) is 0 Å². The van der Waals surface area contributed by atoms with Crippen LogP contribution in [0.25, 0.3) is 44.4 Å². The highest BCUT2D eigenvalue weighted by atomic mass is 15.2. The summed E-state index contributed by atoms with van der Waals surface area (Å²) >= 11 is 0. The summed E-state index contributed by atoms with van der Waals surface area (Å²) in [5.41, 5.74) is 3.39. The number of rotatable bonds is 1. The molecule has 7 nitrogen and oxygen atoms in total. The lowest BCUT2D eigenvalue weighted by Crippen LogP contribution is -1.99. The summed E-state index contributed by atoms with van der Waals surface area (Å²) in [5, 5.41) is 10.5. The second kappa shape index (κ2) is 4.95. The maximum Gasteiger partial charge on any atom is 0.202 e. The SMILES string of the molecule is c1cnc2c(c1)c1cccnc1c1nc(-c3cnccn3)nnc21. The molecular weight excluding hydrogens is 302 g/mol. The van der Waals surface area contributed by atoms with Gasteiger partial charge in [0.2, 0.25) is 5.82 Å². The third kappa shape index (κ3) is 1.81. The number of hydrogen-bond donors (Lipinski definition) is 0. The summed E-state index contributed by atoms with van der Waals surface area (Å²) in [7, 11) is 0. The molecule has 24 heavy (non-hydrogen) atoms. The number of nitrogens with zero attached hydrogens (tertiary/aromatic N) is 7. The van der Waals surface area contributed by atoms with E-state index in [9.17, 15) is 0 Å². The van der Waals surface area contributed by atoms with Crippen LogP contribution in [-0.4, -0.2) is 35.1 Å². The fraction of sp³-hybridized carbons (Fsp3) is 0. The molecule has 0 amide bonds. The zero-order valence-corrected chi connectivity index (χ0v) is 12.3. The minimum absolute atomic E-state index is 0.415. The Bertz CT molecular complexity index is 1170. The Labute approximate surface area is 135 Å². The van der Waals surface area contributed by atoms with Gasteiger partial charge in [-0.25, -0.2) is 9.97 Å². The molecule has 112 valence electrons. The fourth-order valence-corrected chi connectivity index (χ4v) is 2.80. The van der Waals surface area contributed by atoms with Crippen molar-refractivity contribution in [2.24, 2.45) is 0 Å². The first-order valence-corrected chi connectivity index (χ1v) is 7.34. The summed E-state index contributed by atoms with van der Waals surface area (Å²) < 4.78 is 0. The summed E-state index contributed by atoms with van der Waals surface area (Å²) in [6.45, 7) is 0. The van der Waals surface area contributed by atoms with E-state index in [0.29, 0.717) is 22.6 Å². The fourth-order valence-electron chi connectivity index (χ4n) is 2.80. The highest BCUT2D eigenvalue weighted by Crippen LogP contribution is 2.30. The van der Waals surface area contributed by atoms with Gasteiger partial charge in [0.05, 0.1) is 11.7 Å². The molecular formula is C17H9N7. The number of benzene rings is 1. The van der Waals surface area contributed by atoms with Crippen LogP contribution in [0.15, 0.2) is 55.2 Å². The molecule has 0 fully saturated rings. The average molecular weight is 311 g/mol. The Hall–Kier alpha value is -3.61. The topological polar surface area (TPSA) is 90.2 Å². The Morgan fingerprint density at radius 1 is 0.625 bits per heavy atom. The average Bonchev–Trinajstić information content (AvgIpc) is 2.68.